The Kier molecular flexibility index (Phi) is 7.18. The van der Waals surface area contributed by atoms with E-state index < -0.39 is 0 Å². The number of halogens is 1. The Bertz CT molecular complexity index is 1340. The molecule has 1 amide bonds. The zero-order valence-corrected chi connectivity index (χ0v) is 20.0. The van der Waals surface area contributed by atoms with Crippen LogP contribution in [0.2, 0.25) is 5.02 Å². The van der Waals surface area contributed by atoms with Crippen molar-refractivity contribution in [3.63, 3.8) is 0 Å². The van der Waals surface area contributed by atoms with Crippen molar-refractivity contribution in [2.24, 2.45) is 5.10 Å². The van der Waals surface area contributed by atoms with Gasteiger partial charge in [0.2, 0.25) is 0 Å². The molecule has 0 saturated carbocycles. The number of aromatic nitrogens is 1. The molecule has 0 atom stereocenters. The number of carbonyl (C=O) groups is 1. The van der Waals surface area contributed by atoms with Crippen molar-refractivity contribution in [3.8, 4) is 5.75 Å². The molecule has 4 aromatic rings. The first-order valence-corrected chi connectivity index (χ1v) is 11.6. The second-order valence-electron chi connectivity index (χ2n) is 7.89. The molecule has 0 radical (unpaired) electrons. The Hall–Kier alpha value is -3.77. The highest BCUT2D eigenvalue weighted by Crippen LogP contribution is 2.25. The summed E-state index contributed by atoms with van der Waals surface area (Å²) in [5.74, 6) is -0.219. The summed E-state index contributed by atoms with van der Waals surface area (Å²) < 4.78 is 2.01. The van der Waals surface area contributed by atoms with E-state index in [1.807, 2.05) is 65.4 Å². The highest BCUT2D eigenvalue weighted by molar-refractivity contribution is 6.31. The van der Waals surface area contributed by atoms with Crippen LogP contribution < -0.4 is 10.3 Å². The smallest absolute Gasteiger partial charge is 0.273 e. The van der Waals surface area contributed by atoms with E-state index in [2.05, 4.69) is 29.3 Å². The van der Waals surface area contributed by atoms with Gasteiger partial charge in [0.15, 0.2) is 0 Å². The van der Waals surface area contributed by atoms with Gasteiger partial charge in [-0.3, -0.25) is 4.79 Å². The van der Waals surface area contributed by atoms with Gasteiger partial charge >= 0.3 is 0 Å². The maximum absolute atomic E-state index is 13.0. The van der Waals surface area contributed by atoms with Crippen molar-refractivity contribution in [1.29, 1.82) is 0 Å². The molecule has 1 heterocycles. The van der Waals surface area contributed by atoms with E-state index in [0.717, 1.165) is 35.2 Å². The van der Waals surface area contributed by atoms with Crippen LogP contribution in [-0.2, 0) is 6.54 Å². The first kappa shape index (κ1) is 23.4. The standard InChI is InChI=1S/C27H27ClN4O2/c1-3-31(4-2)21-14-13-19(26(33)15-21)16-29-30-27(34)23-18-32(25-12-8-6-10-22(23)25)17-20-9-5-7-11-24(20)28/h5-16,18,33H,3-4,17H2,1-2H3,(H,30,34)/b29-16-. The zero-order chi connectivity index (χ0) is 24.1. The molecule has 2 N–H and O–H groups in total. The average Bonchev–Trinajstić information content (AvgIpc) is 3.21. The number of nitrogens with one attached hydrogen (secondary N) is 1. The maximum atomic E-state index is 13.0. The number of rotatable bonds is 8. The fourth-order valence-corrected chi connectivity index (χ4v) is 4.21. The molecule has 6 nitrogen and oxygen atoms in total. The Morgan fingerprint density at radius 3 is 2.56 bits per heavy atom. The quantitative estimate of drug-likeness (QED) is 0.256. The molecule has 4 rings (SSSR count). The van der Waals surface area contributed by atoms with Gasteiger partial charge in [-0.15, -0.1) is 0 Å². The van der Waals surface area contributed by atoms with Crippen LogP contribution in [0.15, 0.2) is 78.0 Å². The molecule has 0 unspecified atom stereocenters. The van der Waals surface area contributed by atoms with Crippen LogP contribution in [0.25, 0.3) is 10.9 Å². The molecule has 0 spiro atoms. The highest BCUT2D eigenvalue weighted by Gasteiger charge is 2.15. The van der Waals surface area contributed by atoms with Gasteiger partial charge in [-0.05, 0) is 43.7 Å². The number of benzene rings is 3. The van der Waals surface area contributed by atoms with Crippen LogP contribution in [0.3, 0.4) is 0 Å². The van der Waals surface area contributed by atoms with Crippen molar-refractivity contribution >= 4 is 40.3 Å². The number of phenolic OH excluding ortho intramolecular Hbond substituents is 1. The number of amides is 1. The molecule has 0 aliphatic heterocycles. The Morgan fingerprint density at radius 2 is 1.82 bits per heavy atom. The largest absolute Gasteiger partial charge is 0.507 e. The summed E-state index contributed by atoms with van der Waals surface area (Å²) in [7, 11) is 0. The molecule has 0 aliphatic rings. The molecule has 34 heavy (non-hydrogen) atoms. The van der Waals surface area contributed by atoms with E-state index in [1.54, 1.807) is 12.1 Å². The highest BCUT2D eigenvalue weighted by atomic mass is 35.5. The summed E-state index contributed by atoms with van der Waals surface area (Å²) in [5, 5.41) is 16.0. The van der Waals surface area contributed by atoms with Gasteiger partial charge in [0.05, 0.1) is 11.8 Å². The minimum Gasteiger partial charge on any atom is -0.507 e. The summed E-state index contributed by atoms with van der Waals surface area (Å²) in [6.45, 7) is 6.38. The van der Waals surface area contributed by atoms with E-state index >= 15 is 0 Å². The normalized spacial score (nSPS) is 11.3. The van der Waals surface area contributed by atoms with E-state index in [-0.39, 0.29) is 11.7 Å². The van der Waals surface area contributed by atoms with E-state index in [1.165, 1.54) is 6.21 Å². The molecule has 0 fully saturated rings. The summed E-state index contributed by atoms with van der Waals surface area (Å²) in [5.41, 5.74) is 6.47. The molecule has 0 bridgehead atoms. The molecular formula is C27H27ClN4O2. The molecule has 0 aliphatic carbocycles. The number of fused-ring (bicyclic) bond motifs is 1. The van der Waals surface area contributed by atoms with Crippen molar-refractivity contribution in [3.05, 3.63) is 94.6 Å². The van der Waals surface area contributed by atoms with Crippen molar-refractivity contribution in [1.82, 2.24) is 9.99 Å². The number of nitrogens with zero attached hydrogens (tertiary/aromatic N) is 3. The first-order valence-electron chi connectivity index (χ1n) is 11.2. The lowest BCUT2D eigenvalue weighted by molar-refractivity contribution is 0.0956. The van der Waals surface area contributed by atoms with Gasteiger partial charge in [-0.25, -0.2) is 5.43 Å². The summed E-state index contributed by atoms with van der Waals surface area (Å²) in [4.78, 5) is 15.1. The van der Waals surface area contributed by atoms with Gasteiger partial charge in [0.1, 0.15) is 5.75 Å². The maximum Gasteiger partial charge on any atom is 0.273 e. The lowest BCUT2D eigenvalue weighted by Crippen LogP contribution is -2.21. The number of anilines is 1. The molecule has 1 aromatic heterocycles. The van der Waals surface area contributed by atoms with Crippen molar-refractivity contribution in [2.75, 3.05) is 18.0 Å². The van der Waals surface area contributed by atoms with Crippen molar-refractivity contribution < 1.29 is 9.90 Å². The third kappa shape index (κ3) is 4.92. The SMILES string of the molecule is CCN(CC)c1ccc(/C=N\NC(=O)c2cn(Cc3ccccc3Cl)c3ccccc23)c(O)c1. The number of para-hydroxylation sites is 1. The fourth-order valence-electron chi connectivity index (χ4n) is 4.02. The lowest BCUT2D eigenvalue weighted by atomic mass is 10.1. The van der Waals surface area contributed by atoms with Crippen LogP contribution >= 0.6 is 11.6 Å². The Balaban J connectivity index is 1.54. The average molecular weight is 475 g/mol. The number of phenols is 1. The second kappa shape index (κ2) is 10.4. The third-order valence-electron chi connectivity index (χ3n) is 5.84. The van der Waals surface area contributed by atoms with Crippen LogP contribution in [0.1, 0.15) is 35.3 Å². The molecule has 0 saturated heterocycles. The van der Waals surface area contributed by atoms with Gasteiger partial charge < -0.3 is 14.6 Å². The van der Waals surface area contributed by atoms with Crippen LogP contribution in [0.5, 0.6) is 5.75 Å². The summed E-state index contributed by atoms with van der Waals surface area (Å²) >= 11 is 6.34. The molecule has 3 aromatic carbocycles. The first-order chi connectivity index (χ1) is 16.5. The van der Waals surface area contributed by atoms with Gasteiger partial charge in [0.25, 0.3) is 5.91 Å². The number of carbonyl (C=O) groups excluding carboxylic acids is 1. The number of hydrazone groups is 1. The minimum atomic E-state index is -0.329. The minimum absolute atomic E-state index is 0.110. The monoisotopic (exact) mass is 474 g/mol. The van der Waals surface area contributed by atoms with Crippen LogP contribution in [0, 0.1) is 0 Å². The van der Waals surface area contributed by atoms with E-state index in [4.69, 9.17) is 11.6 Å². The number of aromatic hydroxyl groups is 1. The van der Waals surface area contributed by atoms with Gasteiger partial charge in [-0.2, -0.15) is 5.10 Å². The molecular weight excluding hydrogens is 448 g/mol. The lowest BCUT2D eigenvalue weighted by Gasteiger charge is -2.21. The van der Waals surface area contributed by atoms with Gasteiger partial charge in [0, 0.05) is 59.1 Å². The van der Waals surface area contributed by atoms with Crippen LogP contribution in [-0.4, -0.2) is 34.9 Å². The number of hydrogen-bond acceptors (Lipinski definition) is 4. The zero-order valence-electron chi connectivity index (χ0n) is 19.2. The van der Waals surface area contributed by atoms with E-state index in [0.29, 0.717) is 22.7 Å². The molecule has 174 valence electrons. The Morgan fingerprint density at radius 1 is 1.09 bits per heavy atom. The van der Waals surface area contributed by atoms with Gasteiger partial charge in [-0.1, -0.05) is 48.0 Å². The third-order valence-corrected chi connectivity index (χ3v) is 6.21. The van der Waals surface area contributed by atoms with Crippen molar-refractivity contribution in [2.45, 2.75) is 20.4 Å². The predicted octanol–water partition coefficient (Wildman–Crippen LogP) is 5.66. The summed E-state index contributed by atoms with van der Waals surface area (Å²) in [6, 6.07) is 20.8. The topological polar surface area (TPSA) is 69.9 Å². The summed E-state index contributed by atoms with van der Waals surface area (Å²) in [6.07, 6.45) is 3.26. The fraction of sp³-hybridized carbons (Fsp3) is 0.185. The number of hydrogen-bond donors (Lipinski definition) is 2. The Labute approximate surface area is 204 Å². The van der Waals surface area contributed by atoms with Crippen LogP contribution in [0.4, 0.5) is 5.69 Å². The van der Waals surface area contributed by atoms with E-state index in [9.17, 15) is 9.90 Å². The predicted molar refractivity (Wildman–Crippen MR) is 139 cm³/mol. The second-order valence-corrected chi connectivity index (χ2v) is 8.30. The molecule has 7 heteroatoms.